The van der Waals surface area contributed by atoms with E-state index < -0.39 is 0 Å². The van der Waals surface area contributed by atoms with Crippen molar-refractivity contribution in [3.05, 3.63) is 22.9 Å². The van der Waals surface area contributed by atoms with Crippen molar-refractivity contribution >= 4 is 21.6 Å². The molecular weight excluding hydrogens is 240 g/mol. The van der Waals surface area contributed by atoms with Crippen molar-refractivity contribution < 1.29 is 0 Å². The summed E-state index contributed by atoms with van der Waals surface area (Å²) in [5, 5.41) is 3.50. The molecule has 0 saturated carbocycles. The summed E-state index contributed by atoms with van der Waals surface area (Å²) in [6, 6.07) is 2.05. The minimum absolute atomic E-state index is 0.169. The molecule has 0 amide bonds. The van der Waals surface area contributed by atoms with E-state index in [0.717, 1.165) is 23.0 Å². The van der Waals surface area contributed by atoms with Gasteiger partial charge in [0.15, 0.2) is 0 Å². The molecule has 0 radical (unpaired) electrons. The molecule has 2 nitrogen and oxygen atoms in total. The highest BCUT2D eigenvalue weighted by Gasteiger charge is 2.18. The van der Waals surface area contributed by atoms with Crippen LogP contribution in [0.3, 0.4) is 0 Å². The molecular formula is C11H17BrN2. The maximum Gasteiger partial charge on any atom is 0.0542 e. The first kappa shape index (κ1) is 11.5. The summed E-state index contributed by atoms with van der Waals surface area (Å²) in [7, 11) is 0. The largest absolute Gasteiger partial charge is 0.379 e. The van der Waals surface area contributed by atoms with E-state index >= 15 is 0 Å². The molecule has 1 rings (SSSR count). The molecule has 0 unspecified atom stereocenters. The Morgan fingerprint density at radius 2 is 2.00 bits per heavy atom. The van der Waals surface area contributed by atoms with Gasteiger partial charge in [-0.2, -0.15) is 0 Å². The molecule has 0 aromatic carbocycles. The normalized spacial score (nSPS) is 11.4. The minimum Gasteiger partial charge on any atom is -0.379 e. The molecule has 0 atom stereocenters. The Morgan fingerprint density at radius 3 is 2.50 bits per heavy atom. The lowest BCUT2D eigenvalue weighted by atomic mass is 9.95. The number of nitrogens with zero attached hydrogens (tertiary/aromatic N) is 1. The quantitative estimate of drug-likeness (QED) is 0.886. The van der Waals surface area contributed by atoms with Gasteiger partial charge in [-0.1, -0.05) is 13.8 Å². The molecule has 0 fully saturated rings. The molecule has 0 spiro atoms. The third-order valence-electron chi connectivity index (χ3n) is 2.71. The molecule has 1 aromatic rings. The summed E-state index contributed by atoms with van der Waals surface area (Å²) in [6.45, 7) is 6.62. The topological polar surface area (TPSA) is 24.9 Å². The average Bonchev–Trinajstić information content (AvgIpc) is 2.18. The van der Waals surface area contributed by atoms with Crippen molar-refractivity contribution in [2.24, 2.45) is 0 Å². The molecule has 1 aromatic heterocycles. The maximum atomic E-state index is 4.13. The Kier molecular flexibility index (Phi) is 3.93. The van der Waals surface area contributed by atoms with Crippen LogP contribution in [-0.4, -0.2) is 10.5 Å². The number of pyridine rings is 1. The van der Waals surface area contributed by atoms with Gasteiger partial charge in [0.1, 0.15) is 0 Å². The van der Waals surface area contributed by atoms with Gasteiger partial charge in [-0.05, 0) is 41.8 Å². The van der Waals surface area contributed by atoms with Crippen molar-refractivity contribution in [3.63, 3.8) is 0 Å². The van der Waals surface area contributed by atoms with Gasteiger partial charge in [-0.25, -0.2) is 0 Å². The van der Waals surface area contributed by atoms with Crippen LogP contribution in [0.2, 0.25) is 0 Å². The predicted octanol–water partition coefficient (Wildman–Crippen LogP) is 3.83. The highest BCUT2D eigenvalue weighted by atomic mass is 79.9. The van der Waals surface area contributed by atoms with Gasteiger partial charge >= 0.3 is 0 Å². The first-order chi connectivity index (χ1) is 6.59. The molecule has 1 heterocycles. The smallest absolute Gasteiger partial charge is 0.0542 e. The number of halogens is 1. The lowest BCUT2D eigenvalue weighted by Gasteiger charge is -2.29. The van der Waals surface area contributed by atoms with E-state index in [2.05, 4.69) is 53.1 Å². The lowest BCUT2D eigenvalue weighted by molar-refractivity contribution is 0.478. The van der Waals surface area contributed by atoms with Gasteiger partial charge in [0.25, 0.3) is 0 Å². The van der Waals surface area contributed by atoms with Crippen LogP contribution in [0.4, 0.5) is 5.69 Å². The zero-order valence-corrected chi connectivity index (χ0v) is 10.6. The van der Waals surface area contributed by atoms with E-state index in [1.165, 1.54) is 0 Å². The van der Waals surface area contributed by atoms with Crippen LogP contribution in [0.1, 0.15) is 33.6 Å². The van der Waals surface area contributed by atoms with Crippen LogP contribution in [0, 0.1) is 0 Å². The van der Waals surface area contributed by atoms with Gasteiger partial charge in [0, 0.05) is 16.2 Å². The van der Waals surface area contributed by atoms with Crippen LogP contribution in [0.15, 0.2) is 22.9 Å². The Balaban J connectivity index is 2.77. The Labute approximate surface area is 94.3 Å². The molecule has 78 valence electrons. The second kappa shape index (κ2) is 4.78. The maximum absolute atomic E-state index is 4.13. The first-order valence-corrected chi connectivity index (χ1v) is 5.77. The number of aromatic nitrogens is 1. The first-order valence-electron chi connectivity index (χ1n) is 4.98. The van der Waals surface area contributed by atoms with Crippen molar-refractivity contribution in [3.8, 4) is 0 Å². The van der Waals surface area contributed by atoms with Crippen molar-refractivity contribution in [1.29, 1.82) is 0 Å². The number of rotatable bonds is 4. The number of anilines is 1. The van der Waals surface area contributed by atoms with Crippen LogP contribution >= 0.6 is 15.9 Å². The van der Waals surface area contributed by atoms with E-state index in [0.29, 0.717) is 0 Å². The zero-order chi connectivity index (χ0) is 10.6. The summed E-state index contributed by atoms with van der Waals surface area (Å²) in [6.07, 6.45) is 5.86. The fourth-order valence-corrected chi connectivity index (χ4v) is 1.62. The third-order valence-corrected chi connectivity index (χ3v) is 3.15. The lowest BCUT2D eigenvalue weighted by Crippen LogP contribution is -2.32. The molecule has 1 N–H and O–H groups in total. The van der Waals surface area contributed by atoms with Crippen molar-refractivity contribution in [1.82, 2.24) is 4.98 Å². The number of nitrogens with one attached hydrogen (secondary N) is 1. The fraction of sp³-hybridized carbons (Fsp3) is 0.545. The SMILES string of the molecule is CCC(C)(CC)Nc1cncc(Br)c1. The van der Waals surface area contributed by atoms with Crippen molar-refractivity contribution in [2.45, 2.75) is 39.2 Å². The summed E-state index contributed by atoms with van der Waals surface area (Å²) in [5.74, 6) is 0. The van der Waals surface area contributed by atoms with Crippen molar-refractivity contribution in [2.75, 3.05) is 5.32 Å². The average molecular weight is 257 g/mol. The second-order valence-corrected chi connectivity index (χ2v) is 4.70. The zero-order valence-electron chi connectivity index (χ0n) is 8.97. The monoisotopic (exact) mass is 256 g/mol. The van der Waals surface area contributed by atoms with Crippen LogP contribution < -0.4 is 5.32 Å². The van der Waals surface area contributed by atoms with E-state index in [1.54, 1.807) is 6.20 Å². The van der Waals surface area contributed by atoms with Gasteiger partial charge < -0.3 is 5.32 Å². The molecule has 0 aliphatic heterocycles. The van der Waals surface area contributed by atoms with E-state index in [9.17, 15) is 0 Å². The number of hydrogen-bond acceptors (Lipinski definition) is 2. The standard InChI is InChI=1S/C11H17BrN2/c1-4-11(3,5-2)14-10-6-9(12)7-13-8-10/h6-8,14H,4-5H2,1-3H3. The Bertz CT molecular complexity index is 295. The van der Waals surface area contributed by atoms with Crippen LogP contribution in [0.5, 0.6) is 0 Å². The predicted molar refractivity (Wildman–Crippen MR) is 64.5 cm³/mol. The molecule has 14 heavy (non-hydrogen) atoms. The van der Waals surface area contributed by atoms with Gasteiger partial charge in [0.05, 0.1) is 11.9 Å². The van der Waals surface area contributed by atoms with Gasteiger partial charge in [-0.3, -0.25) is 4.98 Å². The summed E-state index contributed by atoms with van der Waals surface area (Å²) >= 11 is 3.41. The van der Waals surface area contributed by atoms with E-state index in [-0.39, 0.29) is 5.54 Å². The van der Waals surface area contributed by atoms with E-state index in [1.807, 2.05) is 6.20 Å². The molecule has 0 saturated heterocycles. The van der Waals surface area contributed by atoms with Crippen LogP contribution in [0.25, 0.3) is 0 Å². The highest BCUT2D eigenvalue weighted by Crippen LogP contribution is 2.22. The summed E-state index contributed by atoms with van der Waals surface area (Å²) < 4.78 is 1.01. The van der Waals surface area contributed by atoms with Crippen LogP contribution in [-0.2, 0) is 0 Å². The summed E-state index contributed by atoms with van der Waals surface area (Å²) in [4.78, 5) is 4.13. The fourth-order valence-electron chi connectivity index (χ4n) is 1.26. The Morgan fingerprint density at radius 1 is 1.36 bits per heavy atom. The van der Waals surface area contributed by atoms with Gasteiger partial charge in [-0.15, -0.1) is 0 Å². The molecule has 0 aliphatic rings. The van der Waals surface area contributed by atoms with E-state index in [4.69, 9.17) is 0 Å². The van der Waals surface area contributed by atoms with Gasteiger partial charge in [0.2, 0.25) is 0 Å². The molecule has 3 heteroatoms. The summed E-state index contributed by atoms with van der Waals surface area (Å²) in [5.41, 5.74) is 1.24. The highest BCUT2D eigenvalue weighted by molar-refractivity contribution is 9.10. The Hall–Kier alpha value is -0.570. The number of hydrogen-bond donors (Lipinski definition) is 1. The second-order valence-electron chi connectivity index (χ2n) is 3.78. The molecule has 0 aliphatic carbocycles. The minimum atomic E-state index is 0.169. The molecule has 0 bridgehead atoms. The third kappa shape index (κ3) is 2.98.